The van der Waals surface area contributed by atoms with Gasteiger partial charge < -0.3 is 9.80 Å². The lowest BCUT2D eigenvalue weighted by Crippen LogP contribution is -2.49. The van der Waals surface area contributed by atoms with Crippen LogP contribution in [0, 0.1) is 0 Å². The fourth-order valence-electron chi connectivity index (χ4n) is 3.97. The van der Waals surface area contributed by atoms with Crippen molar-refractivity contribution >= 4 is 22.9 Å². The molecule has 2 aromatic heterocycles. The van der Waals surface area contributed by atoms with E-state index in [-0.39, 0.29) is 5.91 Å². The van der Waals surface area contributed by atoms with Gasteiger partial charge in [0.2, 0.25) is 5.91 Å². The fourth-order valence-corrected chi connectivity index (χ4v) is 3.97. The molecular weight excluding hydrogens is 390 g/mol. The van der Waals surface area contributed by atoms with Crippen molar-refractivity contribution in [3.05, 3.63) is 66.5 Å². The number of carbonyl (C=O) groups is 1. The molecule has 8 nitrogen and oxygen atoms in total. The summed E-state index contributed by atoms with van der Waals surface area (Å²) >= 11 is 0. The number of aromatic nitrogens is 5. The topological polar surface area (TPSA) is 80.0 Å². The molecule has 1 aliphatic rings. The summed E-state index contributed by atoms with van der Waals surface area (Å²) in [5.74, 6) is 0.932. The van der Waals surface area contributed by atoms with Crippen molar-refractivity contribution in [1.82, 2.24) is 29.9 Å². The molecule has 0 N–H and O–H groups in total. The quantitative estimate of drug-likeness (QED) is 0.511. The molecule has 0 spiro atoms. The van der Waals surface area contributed by atoms with Crippen molar-refractivity contribution in [3.63, 3.8) is 0 Å². The number of rotatable bonds is 4. The van der Waals surface area contributed by atoms with E-state index in [1.54, 1.807) is 4.68 Å². The lowest BCUT2D eigenvalue weighted by Gasteiger charge is -2.35. The first-order valence-corrected chi connectivity index (χ1v) is 10.4. The number of piperazine rings is 1. The predicted octanol–water partition coefficient (Wildman–Crippen LogP) is 2.32. The van der Waals surface area contributed by atoms with Crippen LogP contribution < -0.4 is 4.90 Å². The molecule has 0 unspecified atom stereocenters. The van der Waals surface area contributed by atoms with Crippen LogP contribution in [0.3, 0.4) is 0 Å². The number of nitrogens with zero attached hydrogens (tertiary/aromatic N) is 7. The van der Waals surface area contributed by atoms with Gasteiger partial charge in [0.1, 0.15) is 6.33 Å². The molecule has 5 rings (SSSR count). The monoisotopic (exact) mass is 413 g/mol. The average molecular weight is 413 g/mol. The van der Waals surface area contributed by atoms with Gasteiger partial charge >= 0.3 is 0 Å². The molecule has 1 fully saturated rings. The Morgan fingerprint density at radius 2 is 1.61 bits per heavy atom. The van der Waals surface area contributed by atoms with E-state index < -0.39 is 0 Å². The summed E-state index contributed by atoms with van der Waals surface area (Å²) in [6, 6.07) is 18.5. The Hall–Kier alpha value is -3.81. The Bertz CT molecular complexity index is 1200. The first-order valence-electron chi connectivity index (χ1n) is 10.4. The van der Waals surface area contributed by atoms with Gasteiger partial charge in [-0.3, -0.25) is 4.79 Å². The molecule has 1 amide bonds. The molecule has 1 saturated heterocycles. The molecule has 156 valence electrons. The van der Waals surface area contributed by atoms with E-state index in [9.17, 15) is 4.79 Å². The minimum atomic E-state index is 0.152. The molecular formula is C23H23N7O. The Kier molecular flexibility index (Phi) is 5.03. The number of amides is 1. The van der Waals surface area contributed by atoms with Gasteiger partial charge in [0, 0.05) is 33.2 Å². The molecule has 0 aliphatic carbocycles. The highest BCUT2D eigenvalue weighted by molar-refractivity contribution is 5.83. The minimum absolute atomic E-state index is 0.152. The zero-order chi connectivity index (χ0) is 21.2. The number of benzene rings is 2. The van der Waals surface area contributed by atoms with Crippen molar-refractivity contribution in [2.45, 2.75) is 6.42 Å². The van der Waals surface area contributed by atoms with E-state index in [1.165, 1.54) is 11.9 Å². The first-order chi connectivity index (χ1) is 15.2. The van der Waals surface area contributed by atoms with E-state index in [0.29, 0.717) is 43.8 Å². The van der Waals surface area contributed by atoms with Gasteiger partial charge in [-0.1, -0.05) is 59.8 Å². The summed E-state index contributed by atoms with van der Waals surface area (Å²) in [7, 11) is 1.81. The van der Waals surface area contributed by atoms with Gasteiger partial charge in [-0.15, -0.1) is 5.10 Å². The van der Waals surface area contributed by atoms with Crippen LogP contribution in [-0.4, -0.2) is 61.9 Å². The maximum Gasteiger partial charge on any atom is 0.227 e. The second kappa shape index (κ2) is 8.14. The molecule has 4 aromatic rings. The third-order valence-corrected chi connectivity index (χ3v) is 5.72. The number of anilines is 1. The normalized spacial score (nSPS) is 14.2. The van der Waals surface area contributed by atoms with E-state index in [0.717, 1.165) is 16.9 Å². The van der Waals surface area contributed by atoms with Crippen molar-refractivity contribution in [3.8, 4) is 11.1 Å². The summed E-state index contributed by atoms with van der Waals surface area (Å²) in [5.41, 5.74) is 4.78. The number of aryl methyl sites for hydroxylation is 1. The third-order valence-electron chi connectivity index (χ3n) is 5.72. The van der Waals surface area contributed by atoms with Crippen molar-refractivity contribution in [1.29, 1.82) is 0 Å². The van der Waals surface area contributed by atoms with Gasteiger partial charge in [-0.25, -0.2) is 14.6 Å². The lowest BCUT2D eigenvalue weighted by atomic mass is 10.0. The van der Waals surface area contributed by atoms with Gasteiger partial charge in [-0.2, -0.15) is 0 Å². The van der Waals surface area contributed by atoms with Crippen LogP contribution in [0.25, 0.3) is 22.3 Å². The standard InChI is InChI=1S/C23H23N7O/c1-28-22-21(26-27-28)23(25-16-24-22)30-13-11-29(12-14-30)20(31)15-17-7-9-19(10-8-17)18-5-3-2-4-6-18/h2-10,16H,11-15H2,1H3. The van der Waals surface area contributed by atoms with Crippen molar-refractivity contribution < 1.29 is 4.79 Å². The first kappa shape index (κ1) is 19.2. The molecule has 0 atom stereocenters. The third kappa shape index (κ3) is 3.84. The average Bonchev–Trinajstić information content (AvgIpc) is 3.21. The number of fused-ring (bicyclic) bond motifs is 1. The maximum atomic E-state index is 12.8. The van der Waals surface area contributed by atoms with Crippen LogP contribution >= 0.6 is 0 Å². The Labute approximate surface area is 180 Å². The second-order valence-electron chi connectivity index (χ2n) is 7.69. The second-order valence-corrected chi connectivity index (χ2v) is 7.69. The van der Waals surface area contributed by atoms with E-state index >= 15 is 0 Å². The van der Waals surface area contributed by atoms with Crippen LogP contribution in [0.15, 0.2) is 60.9 Å². The summed E-state index contributed by atoms with van der Waals surface area (Å²) in [6.07, 6.45) is 1.95. The van der Waals surface area contributed by atoms with Crippen molar-refractivity contribution in [2.75, 3.05) is 31.1 Å². The molecule has 1 aliphatic heterocycles. The molecule has 2 aromatic carbocycles. The van der Waals surface area contributed by atoms with Gasteiger partial charge in [-0.05, 0) is 16.7 Å². The predicted molar refractivity (Wildman–Crippen MR) is 118 cm³/mol. The summed E-state index contributed by atoms with van der Waals surface area (Å²) in [5, 5.41) is 8.24. The molecule has 8 heteroatoms. The van der Waals surface area contributed by atoms with Crippen molar-refractivity contribution in [2.24, 2.45) is 7.05 Å². The van der Waals surface area contributed by atoms with Crippen LogP contribution in [0.2, 0.25) is 0 Å². The highest BCUT2D eigenvalue weighted by Crippen LogP contribution is 2.22. The van der Waals surface area contributed by atoms with E-state index in [4.69, 9.17) is 0 Å². The highest BCUT2D eigenvalue weighted by Gasteiger charge is 2.24. The highest BCUT2D eigenvalue weighted by atomic mass is 16.2. The van der Waals surface area contributed by atoms with Gasteiger partial charge in [0.05, 0.1) is 6.42 Å². The summed E-state index contributed by atoms with van der Waals surface area (Å²) < 4.78 is 1.64. The fraction of sp³-hybridized carbons (Fsp3) is 0.261. The van der Waals surface area contributed by atoms with Crippen LogP contribution in [0.5, 0.6) is 0 Å². The minimum Gasteiger partial charge on any atom is -0.351 e. The summed E-state index contributed by atoms with van der Waals surface area (Å²) in [6.45, 7) is 2.74. The molecule has 0 radical (unpaired) electrons. The number of carbonyl (C=O) groups excluding carboxylic acids is 1. The SMILES string of the molecule is Cn1nnc2c(N3CCN(C(=O)Cc4ccc(-c5ccccc5)cc4)CC3)ncnc21. The van der Waals surface area contributed by atoms with Gasteiger partial charge in [0.15, 0.2) is 17.0 Å². The van der Waals surface area contributed by atoms with Crippen LogP contribution in [0.1, 0.15) is 5.56 Å². The number of hydrogen-bond acceptors (Lipinski definition) is 6. The smallest absolute Gasteiger partial charge is 0.227 e. The maximum absolute atomic E-state index is 12.8. The number of hydrogen-bond donors (Lipinski definition) is 0. The Morgan fingerprint density at radius 1 is 0.903 bits per heavy atom. The molecule has 0 saturated carbocycles. The van der Waals surface area contributed by atoms with Crippen LogP contribution in [-0.2, 0) is 18.3 Å². The van der Waals surface area contributed by atoms with E-state index in [1.807, 2.05) is 42.3 Å². The lowest BCUT2D eigenvalue weighted by molar-refractivity contribution is -0.130. The molecule has 3 heterocycles. The molecule has 31 heavy (non-hydrogen) atoms. The molecule has 0 bridgehead atoms. The Morgan fingerprint density at radius 3 is 2.35 bits per heavy atom. The largest absolute Gasteiger partial charge is 0.351 e. The van der Waals surface area contributed by atoms with Crippen LogP contribution in [0.4, 0.5) is 5.82 Å². The van der Waals surface area contributed by atoms with Gasteiger partial charge in [0.25, 0.3) is 0 Å². The zero-order valence-corrected chi connectivity index (χ0v) is 17.3. The summed E-state index contributed by atoms with van der Waals surface area (Å²) in [4.78, 5) is 25.6. The Balaban J connectivity index is 1.21. The van der Waals surface area contributed by atoms with E-state index in [2.05, 4.69) is 49.4 Å². The zero-order valence-electron chi connectivity index (χ0n) is 17.3.